The van der Waals surface area contributed by atoms with Gasteiger partial charge in [0.15, 0.2) is 0 Å². The molecular formula is C13H27NO. The van der Waals surface area contributed by atoms with Crippen molar-refractivity contribution in [3.63, 3.8) is 0 Å². The molecule has 1 aliphatic heterocycles. The Kier molecular flexibility index (Phi) is 4.60. The van der Waals surface area contributed by atoms with Crippen LogP contribution in [0.25, 0.3) is 0 Å². The second-order valence-corrected chi connectivity index (χ2v) is 6.20. The molecule has 1 N–H and O–H groups in total. The summed E-state index contributed by atoms with van der Waals surface area (Å²) in [6, 6.07) is 0. The van der Waals surface area contributed by atoms with E-state index in [2.05, 4.69) is 33.1 Å². The maximum atomic E-state index is 5.48. The molecule has 0 aromatic rings. The van der Waals surface area contributed by atoms with Gasteiger partial charge in [-0.15, -0.1) is 0 Å². The fourth-order valence-corrected chi connectivity index (χ4v) is 2.33. The van der Waals surface area contributed by atoms with Gasteiger partial charge in [-0.2, -0.15) is 0 Å². The van der Waals surface area contributed by atoms with Crippen molar-refractivity contribution >= 4 is 0 Å². The molecule has 0 radical (unpaired) electrons. The number of rotatable bonds is 4. The Bertz CT molecular complexity index is 172. The highest BCUT2D eigenvalue weighted by molar-refractivity contribution is 4.85. The molecule has 0 aromatic carbocycles. The lowest BCUT2D eigenvalue weighted by Crippen LogP contribution is -2.38. The highest BCUT2D eigenvalue weighted by atomic mass is 16.5. The second kappa shape index (κ2) is 5.31. The minimum atomic E-state index is 0.457. The number of hydrogen-bond acceptors (Lipinski definition) is 2. The molecule has 1 fully saturated rings. The minimum absolute atomic E-state index is 0.457. The van der Waals surface area contributed by atoms with Gasteiger partial charge in [-0.3, -0.25) is 0 Å². The zero-order valence-electron chi connectivity index (χ0n) is 10.9. The molecule has 15 heavy (non-hydrogen) atoms. The fraction of sp³-hybridized carbons (Fsp3) is 1.00. The van der Waals surface area contributed by atoms with Gasteiger partial charge in [0.1, 0.15) is 0 Å². The van der Waals surface area contributed by atoms with E-state index in [1.165, 1.54) is 25.7 Å². The van der Waals surface area contributed by atoms with Crippen molar-refractivity contribution in [2.24, 2.45) is 10.8 Å². The standard InChI is InChI=1S/C13H27NO/c1-12(2,3)5-6-13(11-14-4)7-9-15-10-8-13/h14H,5-11H2,1-4H3. The lowest BCUT2D eigenvalue weighted by Gasteiger charge is -2.39. The lowest BCUT2D eigenvalue weighted by atomic mass is 9.73. The quantitative estimate of drug-likeness (QED) is 0.775. The molecule has 0 amide bonds. The van der Waals surface area contributed by atoms with Crippen molar-refractivity contribution in [2.75, 3.05) is 26.8 Å². The van der Waals surface area contributed by atoms with Crippen LogP contribution >= 0.6 is 0 Å². The molecule has 0 aliphatic carbocycles. The van der Waals surface area contributed by atoms with Gasteiger partial charge in [-0.25, -0.2) is 0 Å². The van der Waals surface area contributed by atoms with Crippen molar-refractivity contribution in [1.29, 1.82) is 0 Å². The van der Waals surface area contributed by atoms with E-state index >= 15 is 0 Å². The first-order valence-electron chi connectivity index (χ1n) is 6.20. The normalized spacial score (nSPS) is 21.6. The largest absolute Gasteiger partial charge is 0.381 e. The van der Waals surface area contributed by atoms with Crippen LogP contribution in [-0.4, -0.2) is 26.8 Å². The molecule has 90 valence electrons. The molecule has 2 nitrogen and oxygen atoms in total. The summed E-state index contributed by atoms with van der Waals surface area (Å²) in [5, 5.41) is 3.36. The number of ether oxygens (including phenoxy) is 1. The molecule has 0 atom stereocenters. The van der Waals surface area contributed by atoms with Crippen LogP contribution in [0.2, 0.25) is 0 Å². The van der Waals surface area contributed by atoms with Crippen molar-refractivity contribution in [3.05, 3.63) is 0 Å². The summed E-state index contributed by atoms with van der Waals surface area (Å²) in [5.74, 6) is 0. The summed E-state index contributed by atoms with van der Waals surface area (Å²) in [6.07, 6.45) is 5.10. The predicted octanol–water partition coefficient (Wildman–Crippen LogP) is 2.83. The van der Waals surface area contributed by atoms with Crippen LogP contribution in [0, 0.1) is 10.8 Å². The van der Waals surface area contributed by atoms with E-state index in [-0.39, 0.29) is 0 Å². The highest BCUT2D eigenvalue weighted by Gasteiger charge is 2.32. The summed E-state index contributed by atoms with van der Waals surface area (Å²) in [4.78, 5) is 0. The molecular weight excluding hydrogens is 186 g/mol. The fourth-order valence-electron chi connectivity index (χ4n) is 2.33. The summed E-state index contributed by atoms with van der Waals surface area (Å²) < 4.78 is 5.48. The van der Waals surface area contributed by atoms with Crippen LogP contribution < -0.4 is 5.32 Å². The SMILES string of the molecule is CNCC1(CCC(C)(C)C)CCOCC1. The Morgan fingerprint density at radius 2 is 1.80 bits per heavy atom. The van der Waals surface area contributed by atoms with E-state index in [1.807, 2.05) is 0 Å². The van der Waals surface area contributed by atoms with Crippen molar-refractivity contribution in [2.45, 2.75) is 46.5 Å². The van der Waals surface area contributed by atoms with Crippen LogP contribution in [0.4, 0.5) is 0 Å². The van der Waals surface area contributed by atoms with E-state index in [9.17, 15) is 0 Å². The highest BCUT2D eigenvalue weighted by Crippen LogP contribution is 2.38. The summed E-state index contributed by atoms with van der Waals surface area (Å²) in [6.45, 7) is 10.0. The molecule has 2 heteroatoms. The van der Waals surface area contributed by atoms with Gasteiger partial charge < -0.3 is 10.1 Å². The first-order valence-corrected chi connectivity index (χ1v) is 6.20. The van der Waals surface area contributed by atoms with Gasteiger partial charge in [0.05, 0.1) is 0 Å². The molecule has 0 aromatic heterocycles. The number of hydrogen-bond donors (Lipinski definition) is 1. The van der Waals surface area contributed by atoms with E-state index < -0.39 is 0 Å². The average Bonchev–Trinajstić information content (AvgIpc) is 2.16. The molecule has 1 rings (SSSR count). The van der Waals surface area contributed by atoms with Crippen LogP contribution in [0.3, 0.4) is 0 Å². The van der Waals surface area contributed by atoms with Gasteiger partial charge in [0.25, 0.3) is 0 Å². The van der Waals surface area contributed by atoms with Crippen molar-refractivity contribution in [1.82, 2.24) is 5.32 Å². The van der Waals surface area contributed by atoms with E-state index in [0.717, 1.165) is 19.8 Å². The van der Waals surface area contributed by atoms with Crippen molar-refractivity contribution < 1.29 is 4.74 Å². The second-order valence-electron chi connectivity index (χ2n) is 6.20. The minimum Gasteiger partial charge on any atom is -0.381 e. The summed E-state index contributed by atoms with van der Waals surface area (Å²) in [7, 11) is 2.06. The van der Waals surface area contributed by atoms with E-state index in [4.69, 9.17) is 4.74 Å². The van der Waals surface area contributed by atoms with Crippen molar-refractivity contribution in [3.8, 4) is 0 Å². The molecule has 0 spiro atoms. The third-order valence-corrected chi connectivity index (χ3v) is 3.51. The summed E-state index contributed by atoms with van der Waals surface area (Å²) >= 11 is 0. The molecule has 0 saturated carbocycles. The van der Waals surface area contributed by atoms with Gasteiger partial charge in [0, 0.05) is 19.8 Å². The average molecular weight is 213 g/mol. The van der Waals surface area contributed by atoms with E-state index in [1.54, 1.807) is 0 Å². The van der Waals surface area contributed by atoms with Gasteiger partial charge in [0.2, 0.25) is 0 Å². The van der Waals surface area contributed by atoms with E-state index in [0.29, 0.717) is 10.8 Å². The molecule has 1 saturated heterocycles. The Hall–Kier alpha value is -0.0800. The molecule has 1 heterocycles. The van der Waals surface area contributed by atoms with Gasteiger partial charge in [-0.1, -0.05) is 20.8 Å². The van der Waals surface area contributed by atoms with Crippen LogP contribution in [0.1, 0.15) is 46.5 Å². The Morgan fingerprint density at radius 1 is 1.20 bits per heavy atom. The summed E-state index contributed by atoms with van der Waals surface area (Å²) in [5.41, 5.74) is 0.958. The molecule has 0 unspecified atom stereocenters. The number of nitrogens with one attached hydrogen (secondary N) is 1. The zero-order chi connectivity index (χ0) is 11.4. The third-order valence-electron chi connectivity index (χ3n) is 3.51. The first kappa shape index (κ1) is 13.0. The van der Waals surface area contributed by atoms with Crippen LogP contribution in [0.5, 0.6) is 0 Å². The monoisotopic (exact) mass is 213 g/mol. The van der Waals surface area contributed by atoms with Crippen LogP contribution in [-0.2, 0) is 4.74 Å². The third kappa shape index (κ3) is 4.52. The lowest BCUT2D eigenvalue weighted by molar-refractivity contribution is 0.00611. The maximum Gasteiger partial charge on any atom is 0.0471 e. The zero-order valence-corrected chi connectivity index (χ0v) is 10.9. The van der Waals surface area contributed by atoms with Gasteiger partial charge in [-0.05, 0) is 43.6 Å². The first-order chi connectivity index (χ1) is 6.97. The molecule has 0 bridgehead atoms. The van der Waals surface area contributed by atoms with Crippen LogP contribution in [0.15, 0.2) is 0 Å². The predicted molar refractivity (Wildman–Crippen MR) is 65.1 cm³/mol. The Labute approximate surface area is 94.8 Å². The Morgan fingerprint density at radius 3 is 2.27 bits per heavy atom. The topological polar surface area (TPSA) is 21.3 Å². The smallest absolute Gasteiger partial charge is 0.0471 e. The molecule has 1 aliphatic rings. The maximum absolute atomic E-state index is 5.48. The van der Waals surface area contributed by atoms with Gasteiger partial charge >= 0.3 is 0 Å². The Balaban J connectivity index is 2.48.